The number of anilines is 1. The minimum Gasteiger partial charge on any atom is -0.311 e. The number of carbonyl (C=O) groups excluding carboxylic acids is 1. The first-order chi connectivity index (χ1) is 9.50. The summed E-state index contributed by atoms with van der Waals surface area (Å²) in [4.78, 5) is 13.4. The topological polar surface area (TPSA) is 115 Å². The van der Waals surface area contributed by atoms with Crippen LogP contribution in [0.2, 0.25) is 0 Å². The maximum atomic E-state index is 12.0. The van der Waals surface area contributed by atoms with E-state index in [1.54, 1.807) is 13.0 Å². The molecule has 0 radical (unpaired) electrons. The molecule has 116 valence electrons. The first-order valence-corrected chi connectivity index (χ1v) is 9.63. The van der Waals surface area contributed by atoms with Crippen molar-refractivity contribution < 1.29 is 21.6 Å². The minimum atomic E-state index is -3.81. The summed E-state index contributed by atoms with van der Waals surface area (Å²) in [6.07, 6.45) is 0.877. The molecule has 7 nitrogen and oxygen atoms in total. The molecule has 1 aromatic rings. The molecule has 1 aromatic carbocycles. The van der Waals surface area contributed by atoms with Gasteiger partial charge in [0.05, 0.1) is 4.90 Å². The molecular formula is C12H16N2O5S2. The maximum Gasteiger partial charge on any atom is 0.228 e. The lowest BCUT2D eigenvalue weighted by atomic mass is 10.2. The zero-order valence-electron chi connectivity index (χ0n) is 11.6. The van der Waals surface area contributed by atoms with E-state index < -0.39 is 25.1 Å². The van der Waals surface area contributed by atoms with Crippen molar-refractivity contribution >= 4 is 31.5 Å². The predicted octanol–water partition coefficient (Wildman–Crippen LogP) is -0.208. The zero-order chi connectivity index (χ0) is 16.0. The summed E-state index contributed by atoms with van der Waals surface area (Å²) in [6.45, 7) is 1.66. The van der Waals surface area contributed by atoms with Crippen molar-refractivity contribution in [2.24, 2.45) is 5.14 Å². The number of rotatable bonds is 3. The predicted molar refractivity (Wildman–Crippen MR) is 78.2 cm³/mol. The summed E-state index contributed by atoms with van der Waals surface area (Å²) in [6, 6.07) is 4.42. The van der Waals surface area contributed by atoms with Gasteiger partial charge in [-0.05, 0) is 24.6 Å². The Hall–Kier alpha value is -1.45. The molecule has 1 fully saturated rings. The molecule has 2 rings (SSSR count). The van der Waals surface area contributed by atoms with Gasteiger partial charge in [0.25, 0.3) is 0 Å². The van der Waals surface area contributed by atoms with Gasteiger partial charge in [0.2, 0.25) is 15.9 Å². The molecule has 1 amide bonds. The summed E-state index contributed by atoms with van der Waals surface area (Å²) in [5.41, 5.74) is 1.08. The third-order valence-corrected chi connectivity index (χ3v) is 5.81. The van der Waals surface area contributed by atoms with E-state index in [1.807, 2.05) is 0 Å². The molecule has 0 aromatic heterocycles. The van der Waals surface area contributed by atoms with Crippen LogP contribution in [0, 0.1) is 6.92 Å². The third kappa shape index (κ3) is 3.25. The zero-order valence-corrected chi connectivity index (χ0v) is 13.2. The Balaban J connectivity index is 2.46. The second kappa shape index (κ2) is 5.08. The molecule has 21 heavy (non-hydrogen) atoms. The molecule has 2 N–H and O–H groups in total. The van der Waals surface area contributed by atoms with Crippen LogP contribution in [-0.4, -0.2) is 40.8 Å². The Kier molecular flexibility index (Phi) is 3.85. The van der Waals surface area contributed by atoms with Gasteiger partial charge in [-0.3, -0.25) is 4.79 Å². The third-order valence-electron chi connectivity index (χ3n) is 3.45. The van der Waals surface area contributed by atoms with Crippen LogP contribution in [0.5, 0.6) is 0 Å². The lowest BCUT2D eigenvalue weighted by Crippen LogP contribution is -2.32. The molecule has 1 atom stereocenters. The van der Waals surface area contributed by atoms with Crippen LogP contribution in [0.3, 0.4) is 0 Å². The average Bonchev–Trinajstić information content (AvgIpc) is 2.70. The smallest absolute Gasteiger partial charge is 0.228 e. The molecule has 0 aliphatic carbocycles. The Morgan fingerprint density at radius 1 is 1.24 bits per heavy atom. The molecule has 1 aliphatic heterocycles. The van der Waals surface area contributed by atoms with Crippen LogP contribution in [0.15, 0.2) is 23.1 Å². The second-order valence-electron chi connectivity index (χ2n) is 5.14. The standard InChI is InChI=1S/C12H16N2O5S2/c1-8-3-4-9(20(2,16)17)5-11(8)14-7-10(6-12(14)15)21(13,18)19/h3-5,10H,6-7H2,1-2H3,(H2,13,18,19). The van der Waals surface area contributed by atoms with Crippen molar-refractivity contribution in [1.82, 2.24) is 0 Å². The number of amides is 1. The number of aryl methyl sites for hydroxylation is 1. The Bertz CT molecular complexity index is 799. The van der Waals surface area contributed by atoms with E-state index in [0.717, 1.165) is 6.26 Å². The number of hydrogen-bond donors (Lipinski definition) is 1. The number of carbonyl (C=O) groups is 1. The van der Waals surface area contributed by atoms with Crippen molar-refractivity contribution in [1.29, 1.82) is 0 Å². The lowest BCUT2D eigenvalue weighted by molar-refractivity contribution is -0.117. The highest BCUT2D eigenvalue weighted by Gasteiger charge is 2.37. The van der Waals surface area contributed by atoms with Crippen molar-refractivity contribution in [2.45, 2.75) is 23.5 Å². The Morgan fingerprint density at radius 2 is 1.86 bits per heavy atom. The summed E-state index contributed by atoms with van der Waals surface area (Å²) < 4.78 is 45.9. The van der Waals surface area contributed by atoms with Gasteiger partial charge in [-0.15, -0.1) is 0 Å². The number of nitrogens with zero attached hydrogens (tertiary/aromatic N) is 1. The van der Waals surface area contributed by atoms with Gasteiger partial charge in [-0.25, -0.2) is 22.0 Å². The maximum absolute atomic E-state index is 12.0. The van der Waals surface area contributed by atoms with Gasteiger partial charge in [0.15, 0.2) is 9.84 Å². The number of hydrogen-bond acceptors (Lipinski definition) is 5. The monoisotopic (exact) mass is 332 g/mol. The molecule has 0 bridgehead atoms. The van der Waals surface area contributed by atoms with Gasteiger partial charge in [-0.1, -0.05) is 6.07 Å². The fourth-order valence-corrected chi connectivity index (χ4v) is 3.61. The SMILES string of the molecule is Cc1ccc(S(C)(=O)=O)cc1N1CC(S(N)(=O)=O)CC1=O. The van der Waals surface area contributed by atoms with Crippen molar-refractivity contribution in [3.05, 3.63) is 23.8 Å². The molecule has 0 spiro atoms. The number of sulfonamides is 1. The fraction of sp³-hybridized carbons (Fsp3) is 0.417. The van der Waals surface area contributed by atoms with Crippen LogP contribution in [0.4, 0.5) is 5.69 Å². The molecule has 0 saturated carbocycles. The summed E-state index contributed by atoms with van der Waals surface area (Å²) in [5, 5.41) is 4.11. The van der Waals surface area contributed by atoms with Crippen molar-refractivity contribution in [2.75, 3.05) is 17.7 Å². The van der Waals surface area contributed by atoms with Crippen molar-refractivity contribution in [3.8, 4) is 0 Å². The number of sulfone groups is 1. The van der Waals surface area contributed by atoms with E-state index in [2.05, 4.69) is 0 Å². The average molecular weight is 332 g/mol. The minimum absolute atomic E-state index is 0.0638. The fourth-order valence-electron chi connectivity index (χ4n) is 2.24. The van der Waals surface area contributed by atoms with Gasteiger partial charge in [-0.2, -0.15) is 0 Å². The van der Waals surface area contributed by atoms with Gasteiger partial charge in [0, 0.05) is 24.9 Å². The van der Waals surface area contributed by atoms with Gasteiger partial charge in [0.1, 0.15) is 5.25 Å². The van der Waals surface area contributed by atoms with E-state index in [9.17, 15) is 21.6 Å². The Labute approximate surface area is 123 Å². The number of nitrogens with two attached hydrogens (primary N) is 1. The van der Waals surface area contributed by atoms with E-state index in [1.165, 1.54) is 17.0 Å². The molecular weight excluding hydrogens is 316 g/mol. The normalized spacial score (nSPS) is 20.0. The molecule has 1 aliphatic rings. The molecule has 9 heteroatoms. The van der Waals surface area contributed by atoms with Crippen LogP contribution < -0.4 is 10.0 Å². The van der Waals surface area contributed by atoms with Crippen LogP contribution in [0.1, 0.15) is 12.0 Å². The van der Waals surface area contributed by atoms with Crippen molar-refractivity contribution in [3.63, 3.8) is 0 Å². The van der Waals surface area contributed by atoms with Crippen LogP contribution >= 0.6 is 0 Å². The molecule has 1 saturated heterocycles. The van der Waals surface area contributed by atoms with Gasteiger partial charge < -0.3 is 4.90 Å². The highest BCUT2D eigenvalue weighted by Crippen LogP contribution is 2.29. The van der Waals surface area contributed by atoms with E-state index >= 15 is 0 Å². The molecule has 1 heterocycles. The van der Waals surface area contributed by atoms with Gasteiger partial charge >= 0.3 is 0 Å². The van der Waals surface area contributed by atoms with E-state index in [-0.39, 0.29) is 23.8 Å². The summed E-state index contributed by atoms with van der Waals surface area (Å²) in [5.74, 6) is -0.386. The molecule has 1 unspecified atom stereocenters. The highest BCUT2D eigenvalue weighted by molar-refractivity contribution is 7.90. The van der Waals surface area contributed by atoms with E-state index in [0.29, 0.717) is 11.3 Å². The quantitative estimate of drug-likeness (QED) is 0.822. The van der Waals surface area contributed by atoms with Crippen LogP contribution in [0.25, 0.3) is 0 Å². The van der Waals surface area contributed by atoms with E-state index in [4.69, 9.17) is 5.14 Å². The first-order valence-electron chi connectivity index (χ1n) is 6.13. The first kappa shape index (κ1) is 15.9. The van der Waals surface area contributed by atoms with Crippen LogP contribution in [-0.2, 0) is 24.7 Å². The second-order valence-corrected chi connectivity index (χ2v) is 9.00. The number of primary sulfonamides is 1. The largest absolute Gasteiger partial charge is 0.311 e. The number of benzene rings is 1. The lowest BCUT2D eigenvalue weighted by Gasteiger charge is -2.19. The summed E-state index contributed by atoms with van der Waals surface area (Å²) in [7, 11) is -7.22. The Morgan fingerprint density at radius 3 is 2.33 bits per heavy atom. The summed E-state index contributed by atoms with van der Waals surface area (Å²) >= 11 is 0. The highest BCUT2D eigenvalue weighted by atomic mass is 32.2.